The molecule has 0 bridgehead atoms. The summed E-state index contributed by atoms with van der Waals surface area (Å²) in [7, 11) is 3.20. The topological polar surface area (TPSA) is 65.0 Å². The van der Waals surface area contributed by atoms with E-state index < -0.39 is 0 Å². The number of esters is 1. The molecule has 1 rings (SSSR count). The Labute approximate surface area is 196 Å². The molecular weight excluding hydrogens is 404 g/mol. The highest BCUT2D eigenvalue weighted by molar-refractivity contribution is 5.71. The molecule has 0 aromatic rings. The van der Waals surface area contributed by atoms with Crippen molar-refractivity contribution in [3.05, 3.63) is 23.8 Å². The number of hydrogen-bond donors (Lipinski definition) is 1. The van der Waals surface area contributed by atoms with Gasteiger partial charge in [0.25, 0.3) is 0 Å². The van der Waals surface area contributed by atoms with Crippen LogP contribution in [0.4, 0.5) is 0 Å². The quantitative estimate of drug-likeness (QED) is 0.142. The van der Waals surface area contributed by atoms with Crippen molar-refractivity contribution in [3.8, 4) is 0 Å². The van der Waals surface area contributed by atoms with Gasteiger partial charge in [0.2, 0.25) is 0 Å². The summed E-state index contributed by atoms with van der Waals surface area (Å²) in [4.78, 5) is 12.1. The average Bonchev–Trinajstić information content (AvgIpc) is 2.80. The Bertz CT molecular complexity index is 528. The summed E-state index contributed by atoms with van der Waals surface area (Å²) < 4.78 is 16.4. The van der Waals surface area contributed by atoms with Crippen LogP contribution < -0.4 is 0 Å². The zero-order chi connectivity index (χ0) is 23.4. The highest BCUT2D eigenvalue weighted by Crippen LogP contribution is 2.25. The number of hydrogen-bond acceptors (Lipinski definition) is 5. The SMILES string of the molecule is CCCCCCCCCCCCCCC=CCC(=O)OC1C=C(CO)C(OC)C(OC)C1. The summed E-state index contributed by atoms with van der Waals surface area (Å²) in [5.74, 6) is -0.250. The van der Waals surface area contributed by atoms with Crippen LogP contribution in [0, 0.1) is 0 Å². The second-order valence-electron chi connectivity index (χ2n) is 8.95. The first-order valence-corrected chi connectivity index (χ1v) is 12.9. The van der Waals surface area contributed by atoms with Gasteiger partial charge in [-0.1, -0.05) is 89.7 Å². The van der Waals surface area contributed by atoms with E-state index in [2.05, 4.69) is 13.0 Å². The number of ether oxygens (including phenoxy) is 3. The fourth-order valence-electron chi connectivity index (χ4n) is 4.36. The van der Waals surface area contributed by atoms with Crippen LogP contribution in [0.15, 0.2) is 23.8 Å². The normalized spacial score (nSPS) is 21.1. The zero-order valence-corrected chi connectivity index (χ0v) is 20.9. The molecule has 0 aromatic carbocycles. The van der Waals surface area contributed by atoms with Gasteiger partial charge in [0.1, 0.15) is 12.2 Å². The number of aliphatic hydroxyl groups is 1. The van der Waals surface area contributed by atoms with Crippen LogP contribution in [0.5, 0.6) is 0 Å². The van der Waals surface area contributed by atoms with Crippen LogP contribution in [0.1, 0.15) is 103 Å². The molecular formula is C27H48O5. The molecule has 0 radical (unpaired) electrons. The van der Waals surface area contributed by atoms with Gasteiger partial charge < -0.3 is 19.3 Å². The molecule has 0 fully saturated rings. The maximum atomic E-state index is 12.1. The van der Waals surface area contributed by atoms with E-state index in [9.17, 15) is 9.90 Å². The number of carbonyl (C=O) groups excluding carboxylic acids is 1. The Morgan fingerprint density at radius 1 is 0.938 bits per heavy atom. The molecule has 0 amide bonds. The molecule has 3 atom stereocenters. The molecule has 32 heavy (non-hydrogen) atoms. The van der Waals surface area contributed by atoms with Crippen LogP contribution >= 0.6 is 0 Å². The van der Waals surface area contributed by atoms with E-state index in [4.69, 9.17) is 14.2 Å². The minimum absolute atomic E-state index is 0.134. The molecule has 1 N–H and O–H groups in total. The van der Waals surface area contributed by atoms with Gasteiger partial charge in [-0.15, -0.1) is 0 Å². The lowest BCUT2D eigenvalue weighted by Gasteiger charge is -2.33. The van der Waals surface area contributed by atoms with Gasteiger partial charge in [-0.25, -0.2) is 0 Å². The molecule has 0 saturated carbocycles. The van der Waals surface area contributed by atoms with Gasteiger partial charge in [-0.3, -0.25) is 4.79 Å². The van der Waals surface area contributed by atoms with Crippen LogP contribution in [0.2, 0.25) is 0 Å². The Hall–Kier alpha value is -1.17. The van der Waals surface area contributed by atoms with E-state index >= 15 is 0 Å². The molecule has 5 nitrogen and oxygen atoms in total. The maximum absolute atomic E-state index is 12.1. The fraction of sp³-hybridized carbons (Fsp3) is 0.815. The van der Waals surface area contributed by atoms with Gasteiger partial charge in [0.05, 0.1) is 19.1 Å². The Morgan fingerprint density at radius 3 is 2.06 bits per heavy atom. The first kappa shape index (κ1) is 28.9. The van der Waals surface area contributed by atoms with Crippen LogP contribution in [-0.2, 0) is 19.0 Å². The fourth-order valence-corrected chi connectivity index (χ4v) is 4.36. The smallest absolute Gasteiger partial charge is 0.310 e. The monoisotopic (exact) mass is 452 g/mol. The van der Waals surface area contributed by atoms with E-state index in [-0.39, 0.29) is 37.3 Å². The molecule has 0 aliphatic heterocycles. The second kappa shape index (κ2) is 19.3. The third-order valence-corrected chi connectivity index (χ3v) is 6.27. The Balaban J connectivity index is 2.06. The van der Waals surface area contributed by atoms with Gasteiger partial charge >= 0.3 is 5.97 Å². The van der Waals surface area contributed by atoms with E-state index in [1.54, 1.807) is 20.3 Å². The van der Waals surface area contributed by atoms with E-state index in [1.807, 2.05) is 6.08 Å². The Kier molecular flexibility index (Phi) is 17.4. The summed E-state index contributed by atoms with van der Waals surface area (Å²) in [6.07, 6.45) is 22.9. The standard InChI is InChI=1S/C27H48O5/c1-4-5-6-7-8-9-10-11-12-13-14-15-16-17-18-19-26(29)32-24-20-23(22-28)27(31-3)25(21-24)30-2/h17-18,20,24-25,27-28H,4-16,19,21-22H2,1-3H3. The van der Waals surface area contributed by atoms with Crippen LogP contribution in [-0.4, -0.2) is 50.2 Å². The van der Waals surface area contributed by atoms with Gasteiger partial charge in [0.15, 0.2) is 0 Å². The predicted octanol–water partition coefficient (Wildman–Crippen LogP) is 6.29. The molecule has 0 saturated heterocycles. The molecule has 0 heterocycles. The number of unbranched alkanes of at least 4 members (excludes halogenated alkanes) is 12. The van der Waals surface area contributed by atoms with Crippen LogP contribution in [0.25, 0.3) is 0 Å². The first-order chi connectivity index (χ1) is 15.7. The molecule has 1 aliphatic rings. The molecule has 0 aromatic heterocycles. The summed E-state index contributed by atoms with van der Waals surface area (Å²) in [6.45, 7) is 2.13. The molecule has 5 heteroatoms. The van der Waals surface area contributed by atoms with Crippen molar-refractivity contribution in [3.63, 3.8) is 0 Å². The predicted molar refractivity (Wildman–Crippen MR) is 131 cm³/mol. The summed E-state index contributed by atoms with van der Waals surface area (Å²) in [6, 6.07) is 0. The number of carbonyl (C=O) groups is 1. The van der Waals surface area contributed by atoms with Crippen molar-refractivity contribution >= 4 is 5.97 Å². The third kappa shape index (κ3) is 12.8. The highest BCUT2D eigenvalue weighted by Gasteiger charge is 2.33. The number of allylic oxidation sites excluding steroid dienone is 1. The second-order valence-corrected chi connectivity index (χ2v) is 8.95. The summed E-state index contributed by atoms with van der Waals surface area (Å²) in [5, 5.41) is 9.55. The average molecular weight is 453 g/mol. The van der Waals surface area contributed by atoms with Crippen molar-refractivity contribution in [2.75, 3.05) is 20.8 Å². The first-order valence-electron chi connectivity index (χ1n) is 12.9. The number of aliphatic hydroxyl groups excluding tert-OH is 1. The zero-order valence-electron chi connectivity index (χ0n) is 20.9. The lowest BCUT2D eigenvalue weighted by molar-refractivity contribution is -0.149. The van der Waals surface area contributed by atoms with Crippen molar-refractivity contribution in [1.29, 1.82) is 0 Å². The minimum atomic E-state index is -0.384. The largest absolute Gasteiger partial charge is 0.458 e. The van der Waals surface area contributed by atoms with E-state index in [0.717, 1.165) is 6.42 Å². The van der Waals surface area contributed by atoms with Crippen LogP contribution in [0.3, 0.4) is 0 Å². The molecule has 0 spiro atoms. The number of methoxy groups -OCH3 is 2. The minimum Gasteiger partial charge on any atom is -0.458 e. The van der Waals surface area contributed by atoms with E-state index in [1.165, 1.54) is 77.0 Å². The van der Waals surface area contributed by atoms with Gasteiger partial charge in [-0.2, -0.15) is 0 Å². The van der Waals surface area contributed by atoms with Crippen molar-refractivity contribution in [1.82, 2.24) is 0 Å². The number of rotatable bonds is 19. The molecule has 1 aliphatic carbocycles. The lowest BCUT2D eigenvalue weighted by Crippen LogP contribution is -2.40. The highest BCUT2D eigenvalue weighted by atomic mass is 16.6. The Morgan fingerprint density at radius 2 is 1.53 bits per heavy atom. The maximum Gasteiger partial charge on any atom is 0.310 e. The third-order valence-electron chi connectivity index (χ3n) is 6.27. The van der Waals surface area contributed by atoms with Gasteiger partial charge in [0, 0.05) is 20.6 Å². The van der Waals surface area contributed by atoms with Gasteiger partial charge in [-0.05, 0) is 24.5 Å². The molecule has 186 valence electrons. The van der Waals surface area contributed by atoms with E-state index in [0.29, 0.717) is 12.0 Å². The van der Waals surface area contributed by atoms with Crippen molar-refractivity contribution in [2.24, 2.45) is 0 Å². The summed E-state index contributed by atoms with van der Waals surface area (Å²) >= 11 is 0. The molecule has 3 unspecified atom stereocenters. The lowest BCUT2D eigenvalue weighted by atomic mass is 9.92. The van der Waals surface area contributed by atoms with Crippen molar-refractivity contribution < 1.29 is 24.1 Å². The summed E-state index contributed by atoms with van der Waals surface area (Å²) in [5.41, 5.74) is 0.700. The van der Waals surface area contributed by atoms with Crippen molar-refractivity contribution in [2.45, 2.75) is 122 Å².